The number of aryl methyl sites for hydroxylation is 1. The monoisotopic (exact) mass is 426 g/mol. The summed E-state index contributed by atoms with van der Waals surface area (Å²) in [5, 5.41) is 2.88. The minimum absolute atomic E-state index is 0.0240. The number of hydrogen-bond donors (Lipinski definition) is 1. The molecule has 1 aliphatic heterocycles. The predicted molar refractivity (Wildman–Crippen MR) is 106 cm³/mol. The van der Waals surface area contributed by atoms with Gasteiger partial charge in [-0.1, -0.05) is 41.4 Å². The largest absolute Gasteiger partial charge is 0.417 e. The van der Waals surface area contributed by atoms with E-state index in [1.165, 1.54) is 5.56 Å². The summed E-state index contributed by atoms with van der Waals surface area (Å²) in [6.45, 7) is 5.01. The molecule has 5 nitrogen and oxygen atoms in total. The molecule has 156 valence electrons. The van der Waals surface area contributed by atoms with E-state index in [1.54, 1.807) is 0 Å². The molecular weight excluding hydrogens is 405 g/mol. The first-order valence-electron chi connectivity index (χ1n) is 9.24. The Labute approximate surface area is 172 Å². The van der Waals surface area contributed by atoms with Crippen molar-refractivity contribution in [2.24, 2.45) is 0 Å². The highest BCUT2D eigenvalue weighted by atomic mass is 35.5. The second-order valence-corrected chi connectivity index (χ2v) is 7.46. The molecule has 0 aliphatic carbocycles. The fraction of sp³-hybridized carbons (Fsp3) is 0.400. The molecule has 1 fully saturated rings. The van der Waals surface area contributed by atoms with Gasteiger partial charge in [0.1, 0.15) is 5.82 Å². The Bertz CT molecular complexity index is 850. The molecule has 0 bridgehead atoms. The molecule has 2 aromatic rings. The van der Waals surface area contributed by atoms with E-state index < -0.39 is 11.7 Å². The van der Waals surface area contributed by atoms with E-state index in [0.717, 1.165) is 17.8 Å². The van der Waals surface area contributed by atoms with Gasteiger partial charge in [-0.2, -0.15) is 13.2 Å². The number of nitrogens with one attached hydrogen (secondary N) is 1. The Morgan fingerprint density at radius 3 is 2.41 bits per heavy atom. The molecule has 1 amide bonds. The average molecular weight is 427 g/mol. The summed E-state index contributed by atoms with van der Waals surface area (Å²) in [7, 11) is 0. The molecule has 1 aromatic carbocycles. The maximum Gasteiger partial charge on any atom is 0.417 e. The van der Waals surface area contributed by atoms with Crippen molar-refractivity contribution in [3.8, 4) is 0 Å². The first-order valence-corrected chi connectivity index (χ1v) is 9.62. The highest BCUT2D eigenvalue weighted by Crippen LogP contribution is 2.33. The number of halogens is 4. The molecule has 0 saturated carbocycles. The van der Waals surface area contributed by atoms with Crippen molar-refractivity contribution >= 4 is 23.3 Å². The van der Waals surface area contributed by atoms with Gasteiger partial charge in [-0.3, -0.25) is 9.69 Å². The zero-order valence-corrected chi connectivity index (χ0v) is 16.7. The highest BCUT2D eigenvalue weighted by molar-refractivity contribution is 6.33. The number of nitrogens with zero attached hydrogens (tertiary/aromatic N) is 3. The van der Waals surface area contributed by atoms with Crippen molar-refractivity contribution in [3.63, 3.8) is 0 Å². The third-order valence-corrected chi connectivity index (χ3v) is 5.08. The van der Waals surface area contributed by atoms with Gasteiger partial charge in [0.2, 0.25) is 5.91 Å². The van der Waals surface area contributed by atoms with E-state index in [-0.39, 0.29) is 17.5 Å². The van der Waals surface area contributed by atoms with Gasteiger partial charge in [0, 0.05) is 38.9 Å². The average Bonchev–Trinajstić information content (AvgIpc) is 2.67. The number of benzene rings is 1. The van der Waals surface area contributed by atoms with Crippen LogP contribution in [0.15, 0.2) is 36.5 Å². The van der Waals surface area contributed by atoms with Crippen LogP contribution in [0.2, 0.25) is 5.02 Å². The maximum absolute atomic E-state index is 12.7. The number of aromatic nitrogens is 1. The lowest BCUT2D eigenvalue weighted by Gasteiger charge is -2.35. The second-order valence-electron chi connectivity index (χ2n) is 7.05. The number of anilines is 1. The molecule has 3 rings (SSSR count). The van der Waals surface area contributed by atoms with Crippen LogP contribution in [0, 0.1) is 6.92 Å². The van der Waals surface area contributed by atoms with Gasteiger partial charge in [0.15, 0.2) is 0 Å². The summed E-state index contributed by atoms with van der Waals surface area (Å²) in [5.41, 5.74) is 1.34. The zero-order chi connectivity index (χ0) is 21.0. The van der Waals surface area contributed by atoms with Gasteiger partial charge in [0.05, 0.1) is 17.1 Å². The summed E-state index contributed by atoms with van der Waals surface area (Å²) < 4.78 is 38.2. The van der Waals surface area contributed by atoms with Gasteiger partial charge in [-0.15, -0.1) is 0 Å². The van der Waals surface area contributed by atoms with E-state index in [9.17, 15) is 18.0 Å². The van der Waals surface area contributed by atoms with Crippen molar-refractivity contribution in [3.05, 3.63) is 58.2 Å². The smallest absolute Gasteiger partial charge is 0.353 e. The van der Waals surface area contributed by atoms with Gasteiger partial charge in [-0.25, -0.2) is 4.98 Å². The summed E-state index contributed by atoms with van der Waals surface area (Å²) >= 11 is 6.02. The molecule has 1 aromatic heterocycles. The third kappa shape index (κ3) is 5.83. The second kappa shape index (κ2) is 9.00. The van der Waals surface area contributed by atoms with E-state index in [2.05, 4.69) is 10.3 Å². The van der Waals surface area contributed by atoms with E-state index in [0.29, 0.717) is 38.5 Å². The number of carbonyl (C=O) groups excluding carboxylic acids is 1. The molecule has 9 heteroatoms. The SMILES string of the molecule is Cc1ccc(CNC(=O)CN2CCN(c3ncc(C(F)(F)F)cc3Cl)CC2)cc1. The summed E-state index contributed by atoms with van der Waals surface area (Å²) in [6.07, 6.45) is -3.67. The topological polar surface area (TPSA) is 48.5 Å². The molecule has 2 heterocycles. The molecule has 29 heavy (non-hydrogen) atoms. The summed E-state index contributed by atoms with van der Waals surface area (Å²) in [6, 6.07) is 8.86. The van der Waals surface area contributed by atoms with Crippen LogP contribution < -0.4 is 10.2 Å². The minimum atomic E-state index is -4.47. The van der Waals surface area contributed by atoms with Gasteiger partial charge in [-0.05, 0) is 18.6 Å². The van der Waals surface area contributed by atoms with E-state index >= 15 is 0 Å². The van der Waals surface area contributed by atoms with Crippen LogP contribution in [0.25, 0.3) is 0 Å². The maximum atomic E-state index is 12.7. The normalized spacial score (nSPS) is 15.4. The quantitative estimate of drug-likeness (QED) is 0.795. The minimum Gasteiger partial charge on any atom is -0.353 e. The van der Waals surface area contributed by atoms with Crippen molar-refractivity contribution in [1.29, 1.82) is 0 Å². The van der Waals surface area contributed by atoms with Crippen LogP contribution in [0.5, 0.6) is 0 Å². The van der Waals surface area contributed by atoms with Crippen molar-refractivity contribution in [2.75, 3.05) is 37.6 Å². The number of alkyl halides is 3. The van der Waals surface area contributed by atoms with Crippen LogP contribution in [0.4, 0.5) is 19.0 Å². The molecule has 0 unspecified atom stereocenters. The van der Waals surface area contributed by atoms with Crippen molar-refractivity contribution < 1.29 is 18.0 Å². The van der Waals surface area contributed by atoms with Gasteiger partial charge in [0.25, 0.3) is 0 Å². The van der Waals surface area contributed by atoms with Crippen molar-refractivity contribution in [2.45, 2.75) is 19.6 Å². The molecule has 0 atom stereocenters. The van der Waals surface area contributed by atoms with Crippen LogP contribution >= 0.6 is 11.6 Å². The first kappa shape index (κ1) is 21.4. The highest BCUT2D eigenvalue weighted by Gasteiger charge is 2.32. The van der Waals surface area contributed by atoms with Gasteiger partial charge < -0.3 is 10.2 Å². The predicted octanol–water partition coefficient (Wildman–Crippen LogP) is 3.50. The standard InChI is InChI=1S/C20H22ClF3N4O/c1-14-2-4-15(5-3-14)11-25-18(29)13-27-6-8-28(9-7-27)19-17(21)10-16(12-26-19)20(22,23)24/h2-5,10,12H,6-9,11,13H2,1H3,(H,25,29). The number of rotatable bonds is 5. The molecular formula is C20H22ClF3N4O. The van der Waals surface area contributed by atoms with Gasteiger partial charge >= 0.3 is 6.18 Å². The van der Waals surface area contributed by atoms with Crippen LogP contribution in [0.3, 0.4) is 0 Å². The number of hydrogen-bond acceptors (Lipinski definition) is 4. The van der Waals surface area contributed by atoms with E-state index in [1.807, 2.05) is 41.0 Å². The fourth-order valence-corrected chi connectivity index (χ4v) is 3.39. The summed E-state index contributed by atoms with van der Waals surface area (Å²) in [4.78, 5) is 19.9. The molecule has 0 spiro atoms. The van der Waals surface area contributed by atoms with Crippen molar-refractivity contribution in [1.82, 2.24) is 15.2 Å². The molecule has 1 N–H and O–H groups in total. The van der Waals surface area contributed by atoms with Crippen LogP contribution in [0.1, 0.15) is 16.7 Å². The lowest BCUT2D eigenvalue weighted by atomic mass is 10.1. The molecule has 1 saturated heterocycles. The fourth-order valence-electron chi connectivity index (χ4n) is 3.10. The van der Waals surface area contributed by atoms with E-state index in [4.69, 9.17) is 11.6 Å². The Balaban J connectivity index is 1.47. The van der Waals surface area contributed by atoms with Crippen LogP contribution in [-0.2, 0) is 17.5 Å². The third-order valence-electron chi connectivity index (χ3n) is 4.80. The number of piperazine rings is 1. The number of carbonyl (C=O) groups is 1. The molecule has 0 radical (unpaired) electrons. The number of pyridine rings is 1. The Hall–Kier alpha value is -2.32. The lowest BCUT2D eigenvalue weighted by Crippen LogP contribution is -2.49. The number of amides is 1. The lowest BCUT2D eigenvalue weighted by molar-refractivity contribution is -0.137. The Morgan fingerprint density at radius 1 is 1.17 bits per heavy atom. The van der Waals surface area contributed by atoms with Crippen LogP contribution in [-0.4, -0.2) is 48.5 Å². The Morgan fingerprint density at radius 2 is 1.83 bits per heavy atom. The first-order chi connectivity index (χ1) is 13.7. The summed E-state index contributed by atoms with van der Waals surface area (Å²) in [5.74, 6) is 0.271. The Kier molecular flexibility index (Phi) is 6.64. The molecule has 1 aliphatic rings. The zero-order valence-electron chi connectivity index (χ0n) is 16.0.